The Kier molecular flexibility index (Phi) is 6.13. The summed E-state index contributed by atoms with van der Waals surface area (Å²) in [5, 5.41) is 12.4. The van der Waals surface area contributed by atoms with Gasteiger partial charge in [0.2, 0.25) is 5.91 Å². The summed E-state index contributed by atoms with van der Waals surface area (Å²) in [6, 6.07) is 5.68. The smallest absolute Gasteiger partial charge is 0.220 e. The van der Waals surface area contributed by atoms with Crippen LogP contribution < -0.4 is 15.2 Å². The van der Waals surface area contributed by atoms with E-state index in [-0.39, 0.29) is 23.9 Å². The predicted molar refractivity (Wildman–Crippen MR) is 103 cm³/mol. The molecule has 1 unspecified atom stereocenters. The summed E-state index contributed by atoms with van der Waals surface area (Å²) >= 11 is 0. The second-order valence-electron chi connectivity index (χ2n) is 7.27. The van der Waals surface area contributed by atoms with Gasteiger partial charge in [0.1, 0.15) is 6.04 Å². The van der Waals surface area contributed by atoms with Gasteiger partial charge >= 0.3 is 0 Å². The van der Waals surface area contributed by atoms with Crippen LogP contribution in [0.1, 0.15) is 50.2 Å². The highest BCUT2D eigenvalue weighted by Crippen LogP contribution is 2.41. The number of carbonyl (C=O) groups excluding carboxylic acids is 1. The molecule has 1 aliphatic rings. The molecule has 9 heteroatoms. The van der Waals surface area contributed by atoms with E-state index in [1.807, 2.05) is 36.7 Å². The van der Waals surface area contributed by atoms with Crippen molar-refractivity contribution >= 4 is 5.91 Å². The van der Waals surface area contributed by atoms with Crippen molar-refractivity contribution in [2.24, 2.45) is 11.7 Å². The van der Waals surface area contributed by atoms with Crippen LogP contribution in [-0.4, -0.2) is 58.3 Å². The Morgan fingerprint density at radius 3 is 2.50 bits per heavy atom. The average molecular weight is 388 g/mol. The van der Waals surface area contributed by atoms with Crippen molar-refractivity contribution in [3.05, 3.63) is 29.6 Å². The number of carbonyl (C=O) groups is 1. The van der Waals surface area contributed by atoms with Crippen LogP contribution in [0.3, 0.4) is 0 Å². The maximum atomic E-state index is 11.6. The van der Waals surface area contributed by atoms with Crippen LogP contribution >= 0.6 is 0 Å². The monoisotopic (exact) mass is 388 g/mol. The number of primary amides is 1. The molecule has 2 N–H and O–H groups in total. The van der Waals surface area contributed by atoms with Crippen molar-refractivity contribution in [1.29, 1.82) is 0 Å². The van der Waals surface area contributed by atoms with Crippen LogP contribution in [0.15, 0.2) is 18.2 Å². The zero-order valence-corrected chi connectivity index (χ0v) is 16.8. The maximum Gasteiger partial charge on any atom is 0.220 e. The van der Waals surface area contributed by atoms with Gasteiger partial charge < -0.3 is 15.2 Å². The number of nitrogens with zero attached hydrogens (tertiary/aromatic N) is 5. The van der Waals surface area contributed by atoms with Crippen molar-refractivity contribution in [2.75, 3.05) is 27.3 Å². The molecule has 2 heterocycles. The third-order valence-electron chi connectivity index (χ3n) is 5.28. The SMILES string of the molecule is COc1cccc(C(c2nnnn2C(C)C)N2CCC(C(N)=O)CC2)c1OC. The normalized spacial score (nSPS) is 16.9. The van der Waals surface area contributed by atoms with Crippen LogP contribution in [-0.2, 0) is 4.79 Å². The summed E-state index contributed by atoms with van der Waals surface area (Å²) in [5.74, 6) is 1.72. The summed E-state index contributed by atoms with van der Waals surface area (Å²) in [6.45, 7) is 5.51. The lowest BCUT2D eigenvalue weighted by molar-refractivity contribution is -0.123. The third kappa shape index (κ3) is 3.80. The summed E-state index contributed by atoms with van der Waals surface area (Å²) in [6.07, 6.45) is 1.42. The van der Waals surface area contributed by atoms with Crippen LogP contribution in [0.25, 0.3) is 0 Å². The molecule has 3 rings (SSSR count). The molecule has 1 saturated heterocycles. The van der Waals surface area contributed by atoms with E-state index in [9.17, 15) is 4.79 Å². The summed E-state index contributed by atoms with van der Waals surface area (Å²) in [4.78, 5) is 13.9. The third-order valence-corrected chi connectivity index (χ3v) is 5.28. The summed E-state index contributed by atoms with van der Waals surface area (Å²) in [5.41, 5.74) is 6.44. The standard InChI is InChI=1S/C19H28N6O3/c1-12(2)25-19(21-22-23-25)16(24-10-8-13(9-11-24)18(20)26)14-6-5-7-15(27-3)17(14)28-4/h5-7,12-13,16H,8-11H2,1-4H3,(H2,20,26). The zero-order chi connectivity index (χ0) is 20.3. The second kappa shape index (κ2) is 8.55. The fraction of sp³-hybridized carbons (Fsp3) is 0.579. The molecule has 2 aromatic rings. The lowest BCUT2D eigenvalue weighted by Gasteiger charge is -2.37. The Balaban J connectivity index is 2.06. The zero-order valence-electron chi connectivity index (χ0n) is 16.8. The van der Waals surface area contributed by atoms with Crippen molar-refractivity contribution in [2.45, 2.75) is 38.8 Å². The minimum atomic E-state index is -0.234. The fourth-order valence-electron chi connectivity index (χ4n) is 3.82. The molecular formula is C19H28N6O3. The maximum absolute atomic E-state index is 11.6. The highest BCUT2D eigenvalue weighted by Gasteiger charge is 2.35. The van der Waals surface area contributed by atoms with Crippen LogP contribution in [0, 0.1) is 5.92 Å². The van der Waals surface area contributed by atoms with Crippen LogP contribution in [0.2, 0.25) is 0 Å². The van der Waals surface area contributed by atoms with Crippen molar-refractivity contribution in [3.63, 3.8) is 0 Å². The van der Waals surface area contributed by atoms with Crippen LogP contribution in [0.4, 0.5) is 0 Å². The molecule has 1 aromatic carbocycles. The molecule has 152 valence electrons. The Morgan fingerprint density at radius 1 is 1.21 bits per heavy atom. The molecule has 28 heavy (non-hydrogen) atoms. The number of nitrogens with two attached hydrogens (primary N) is 1. The van der Waals surface area contributed by atoms with E-state index in [2.05, 4.69) is 20.4 Å². The average Bonchev–Trinajstić information content (AvgIpc) is 3.18. The first-order valence-electron chi connectivity index (χ1n) is 9.49. The highest BCUT2D eigenvalue weighted by atomic mass is 16.5. The van der Waals surface area contributed by atoms with E-state index in [0.717, 1.165) is 11.4 Å². The molecule has 9 nitrogen and oxygen atoms in total. The van der Waals surface area contributed by atoms with Gasteiger partial charge in [-0.05, 0) is 56.3 Å². The fourth-order valence-corrected chi connectivity index (χ4v) is 3.82. The van der Waals surface area contributed by atoms with Crippen molar-refractivity contribution in [1.82, 2.24) is 25.1 Å². The Bertz CT molecular complexity index is 814. The largest absolute Gasteiger partial charge is 0.493 e. The number of rotatable bonds is 7. The minimum absolute atomic E-state index is 0.0924. The number of ether oxygens (including phenoxy) is 2. The van der Waals surface area contributed by atoms with E-state index in [1.165, 1.54) is 0 Å². The van der Waals surface area contributed by atoms with Crippen LogP contribution in [0.5, 0.6) is 11.5 Å². The molecule has 0 bridgehead atoms. The van der Waals surface area contributed by atoms with Gasteiger partial charge in [0.05, 0.1) is 20.3 Å². The number of piperidine rings is 1. The van der Waals surface area contributed by atoms with E-state index in [4.69, 9.17) is 15.2 Å². The molecule has 0 spiro atoms. The van der Waals surface area contributed by atoms with Gasteiger partial charge in [-0.2, -0.15) is 0 Å². The quantitative estimate of drug-likeness (QED) is 0.767. The van der Waals surface area contributed by atoms with Crippen molar-refractivity contribution in [3.8, 4) is 11.5 Å². The minimum Gasteiger partial charge on any atom is -0.493 e. The molecule has 0 radical (unpaired) electrons. The number of para-hydroxylation sites is 1. The number of aromatic nitrogens is 4. The number of hydrogen-bond donors (Lipinski definition) is 1. The molecule has 1 aliphatic heterocycles. The Labute approximate surface area is 164 Å². The van der Waals surface area contributed by atoms with Crippen molar-refractivity contribution < 1.29 is 14.3 Å². The molecular weight excluding hydrogens is 360 g/mol. The molecule has 1 aromatic heterocycles. The lowest BCUT2D eigenvalue weighted by Crippen LogP contribution is -2.41. The first-order valence-corrected chi connectivity index (χ1v) is 9.49. The summed E-state index contributed by atoms with van der Waals surface area (Å²) < 4.78 is 13.0. The first kappa shape index (κ1) is 20.1. The molecule has 1 fully saturated rings. The number of benzene rings is 1. The Hall–Kier alpha value is -2.68. The molecule has 0 aliphatic carbocycles. The van der Waals surface area contributed by atoms with E-state index in [1.54, 1.807) is 14.2 Å². The number of tetrazole rings is 1. The lowest BCUT2D eigenvalue weighted by atomic mass is 9.93. The van der Waals surface area contributed by atoms with Gasteiger partial charge in [-0.25, -0.2) is 4.68 Å². The highest BCUT2D eigenvalue weighted by molar-refractivity contribution is 5.76. The molecule has 1 atom stereocenters. The van der Waals surface area contributed by atoms with Gasteiger partial charge in [-0.3, -0.25) is 9.69 Å². The van der Waals surface area contributed by atoms with E-state index < -0.39 is 0 Å². The summed E-state index contributed by atoms with van der Waals surface area (Å²) in [7, 11) is 3.25. The van der Waals surface area contributed by atoms with Gasteiger partial charge in [0.25, 0.3) is 0 Å². The van der Waals surface area contributed by atoms with Gasteiger partial charge in [0.15, 0.2) is 17.3 Å². The van der Waals surface area contributed by atoms with E-state index in [0.29, 0.717) is 37.4 Å². The topological polar surface area (TPSA) is 108 Å². The number of hydrogen-bond acceptors (Lipinski definition) is 7. The van der Waals surface area contributed by atoms with Gasteiger partial charge in [-0.15, -0.1) is 5.10 Å². The Morgan fingerprint density at radius 2 is 1.93 bits per heavy atom. The molecule has 0 saturated carbocycles. The number of amides is 1. The predicted octanol–water partition coefficient (Wildman–Crippen LogP) is 1.56. The molecule has 1 amide bonds. The van der Waals surface area contributed by atoms with Gasteiger partial charge in [-0.1, -0.05) is 12.1 Å². The van der Waals surface area contributed by atoms with E-state index >= 15 is 0 Å². The second-order valence-corrected chi connectivity index (χ2v) is 7.27. The number of methoxy groups -OCH3 is 2. The first-order chi connectivity index (χ1) is 13.5. The number of likely N-dealkylation sites (tertiary alicyclic amines) is 1. The van der Waals surface area contributed by atoms with Gasteiger partial charge in [0, 0.05) is 11.5 Å².